The number of carbonyl (C=O) groups excluding carboxylic acids is 1. The lowest BCUT2D eigenvalue weighted by Gasteiger charge is -2.19. The van der Waals surface area contributed by atoms with E-state index in [1.54, 1.807) is 12.1 Å². The molecule has 210 valence electrons. The highest BCUT2D eigenvalue weighted by Crippen LogP contribution is 2.35. The minimum Gasteiger partial charge on any atom is -0.390 e. The number of hydrogen-bond donors (Lipinski definition) is 3. The molecule has 1 aliphatic rings. The lowest BCUT2D eigenvalue weighted by atomic mass is 10.0. The van der Waals surface area contributed by atoms with Crippen molar-refractivity contribution in [1.29, 1.82) is 0 Å². The first-order valence-electron chi connectivity index (χ1n) is 13.1. The topological polar surface area (TPSA) is 73.7 Å². The van der Waals surface area contributed by atoms with Gasteiger partial charge in [-0.1, -0.05) is 35.9 Å². The molecule has 0 saturated heterocycles. The summed E-state index contributed by atoms with van der Waals surface area (Å²) in [4.78, 5) is 17.7. The molecule has 3 N–H and O–H groups in total. The molecule has 0 radical (unpaired) electrons. The monoisotopic (exact) mass is 577 g/mol. The molecule has 0 aliphatic heterocycles. The molecule has 0 aromatic heterocycles. The zero-order valence-corrected chi connectivity index (χ0v) is 22.9. The van der Waals surface area contributed by atoms with E-state index in [1.165, 1.54) is 36.4 Å². The van der Waals surface area contributed by atoms with Crippen molar-refractivity contribution in [1.82, 2.24) is 5.32 Å². The van der Waals surface area contributed by atoms with Gasteiger partial charge in [-0.3, -0.25) is 9.79 Å². The van der Waals surface area contributed by atoms with Crippen LogP contribution in [-0.2, 0) is 12.8 Å². The third kappa shape index (κ3) is 6.61. The van der Waals surface area contributed by atoms with Crippen LogP contribution in [0.5, 0.6) is 0 Å². The van der Waals surface area contributed by atoms with Gasteiger partial charge in [-0.2, -0.15) is 0 Å². The van der Waals surface area contributed by atoms with Crippen molar-refractivity contribution in [3.8, 4) is 11.1 Å². The van der Waals surface area contributed by atoms with Crippen molar-refractivity contribution >= 4 is 29.0 Å². The maximum absolute atomic E-state index is 14.2. The van der Waals surface area contributed by atoms with Crippen molar-refractivity contribution in [2.24, 2.45) is 4.99 Å². The number of aliphatic hydroxyl groups is 1. The van der Waals surface area contributed by atoms with Gasteiger partial charge in [0.15, 0.2) is 0 Å². The van der Waals surface area contributed by atoms with Gasteiger partial charge < -0.3 is 15.7 Å². The minimum atomic E-state index is -0.832. The van der Waals surface area contributed by atoms with E-state index in [1.807, 2.05) is 25.1 Å². The lowest BCUT2D eigenvalue weighted by molar-refractivity contribution is 0.0858. The molecule has 0 saturated carbocycles. The van der Waals surface area contributed by atoms with Crippen molar-refractivity contribution in [2.75, 3.05) is 11.9 Å². The molecule has 41 heavy (non-hydrogen) atoms. The van der Waals surface area contributed by atoms with Crippen LogP contribution in [0.2, 0.25) is 5.02 Å². The van der Waals surface area contributed by atoms with Gasteiger partial charge in [-0.05, 0) is 84.1 Å². The molecule has 1 aliphatic carbocycles. The van der Waals surface area contributed by atoms with Crippen LogP contribution >= 0.6 is 11.6 Å². The zero-order chi connectivity index (χ0) is 29.1. The molecule has 4 aromatic rings. The van der Waals surface area contributed by atoms with E-state index in [-0.39, 0.29) is 22.0 Å². The van der Waals surface area contributed by atoms with E-state index in [9.17, 15) is 23.1 Å². The molecule has 1 amide bonds. The SMILES string of the molecule is CC(=NCCc1ccc(F)cc1)Nc1ccc2c(c1)[C@@H](NC(=O)c1ccc(-c3ccc(F)cc3F)cc1Cl)[C@H](O)C2. The van der Waals surface area contributed by atoms with Crippen LogP contribution < -0.4 is 10.6 Å². The number of hydrogen-bond acceptors (Lipinski definition) is 3. The van der Waals surface area contributed by atoms with E-state index < -0.39 is 29.7 Å². The molecular formula is C32H27ClF3N3O2. The van der Waals surface area contributed by atoms with Gasteiger partial charge in [0.05, 0.1) is 28.6 Å². The summed E-state index contributed by atoms with van der Waals surface area (Å²) in [7, 11) is 0. The molecule has 2 atom stereocenters. The van der Waals surface area contributed by atoms with Crippen LogP contribution in [0.25, 0.3) is 11.1 Å². The predicted molar refractivity (Wildman–Crippen MR) is 155 cm³/mol. The average molecular weight is 578 g/mol. The summed E-state index contributed by atoms with van der Waals surface area (Å²) in [6, 6.07) is 19.0. The molecular weight excluding hydrogens is 551 g/mol. The molecule has 0 unspecified atom stereocenters. The number of amidine groups is 1. The quantitative estimate of drug-likeness (QED) is 0.165. The van der Waals surface area contributed by atoms with Crippen LogP contribution in [0.4, 0.5) is 18.9 Å². The maximum atomic E-state index is 14.2. The fourth-order valence-corrected chi connectivity index (χ4v) is 5.20. The number of aliphatic hydroxyl groups excluding tert-OH is 1. The second-order valence-electron chi connectivity index (χ2n) is 9.92. The third-order valence-electron chi connectivity index (χ3n) is 7.03. The van der Waals surface area contributed by atoms with Crippen molar-refractivity contribution < 1.29 is 23.1 Å². The summed E-state index contributed by atoms with van der Waals surface area (Å²) in [6.45, 7) is 2.37. The molecule has 4 aromatic carbocycles. The highest BCUT2D eigenvalue weighted by Gasteiger charge is 2.33. The Balaban J connectivity index is 1.27. The number of fused-ring (bicyclic) bond motifs is 1. The Labute approximate surface area is 240 Å². The highest BCUT2D eigenvalue weighted by atomic mass is 35.5. The number of aliphatic imine (C=N–C) groups is 1. The Kier molecular flexibility index (Phi) is 8.42. The highest BCUT2D eigenvalue weighted by molar-refractivity contribution is 6.34. The summed E-state index contributed by atoms with van der Waals surface area (Å²) in [5.74, 6) is -1.50. The van der Waals surface area contributed by atoms with Crippen LogP contribution in [0.1, 0.15) is 40.0 Å². The van der Waals surface area contributed by atoms with Gasteiger partial charge in [-0.25, -0.2) is 13.2 Å². The standard InChI is InChI=1S/C32H27ClF3N3O2/c1-18(37-13-12-19-2-6-22(34)7-3-19)38-24-9-4-21-15-30(40)31(27(21)17-24)39-32(41)26-10-5-20(14-28(26)33)25-11-8-23(35)16-29(25)36/h2-11,14,16-17,30-31,40H,12-13,15H2,1H3,(H,37,38)(H,39,41)/t30-,31-/m1/s1. The summed E-state index contributed by atoms with van der Waals surface area (Å²) in [5.41, 5.74) is 4.16. The molecule has 0 heterocycles. The van der Waals surface area contributed by atoms with E-state index in [0.29, 0.717) is 30.8 Å². The Morgan fingerprint density at radius 2 is 1.73 bits per heavy atom. The molecule has 5 nitrogen and oxygen atoms in total. The summed E-state index contributed by atoms with van der Waals surface area (Å²) < 4.78 is 40.6. The van der Waals surface area contributed by atoms with Gasteiger partial charge >= 0.3 is 0 Å². The Bertz CT molecular complexity index is 1630. The number of nitrogens with one attached hydrogen (secondary N) is 2. The van der Waals surface area contributed by atoms with E-state index in [0.717, 1.165) is 34.5 Å². The number of nitrogens with zero attached hydrogens (tertiary/aromatic N) is 1. The smallest absolute Gasteiger partial charge is 0.253 e. The van der Waals surface area contributed by atoms with E-state index >= 15 is 0 Å². The summed E-state index contributed by atoms with van der Waals surface area (Å²) in [6.07, 6.45) is 0.217. The maximum Gasteiger partial charge on any atom is 0.253 e. The van der Waals surface area contributed by atoms with Crippen molar-refractivity contribution in [2.45, 2.75) is 31.9 Å². The van der Waals surface area contributed by atoms with Gasteiger partial charge in [0.25, 0.3) is 5.91 Å². The largest absolute Gasteiger partial charge is 0.390 e. The van der Waals surface area contributed by atoms with Gasteiger partial charge in [0.1, 0.15) is 17.5 Å². The van der Waals surface area contributed by atoms with Gasteiger partial charge in [-0.15, -0.1) is 0 Å². The second-order valence-corrected chi connectivity index (χ2v) is 10.3. The third-order valence-corrected chi connectivity index (χ3v) is 7.34. The fraction of sp³-hybridized carbons (Fsp3) is 0.188. The number of rotatable bonds is 7. The van der Waals surface area contributed by atoms with Gasteiger partial charge in [0.2, 0.25) is 0 Å². The van der Waals surface area contributed by atoms with E-state index in [4.69, 9.17) is 11.6 Å². The molecule has 5 rings (SSSR count). The van der Waals surface area contributed by atoms with Crippen LogP contribution in [0.3, 0.4) is 0 Å². The van der Waals surface area contributed by atoms with Crippen molar-refractivity contribution in [3.05, 3.63) is 124 Å². The number of halogens is 4. The van der Waals surface area contributed by atoms with Crippen LogP contribution in [0, 0.1) is 17.5 Å². The van der Waals surface area contributed by atoms with Crippen LogP contribution in [0.15, 0.2) is 83.9 Å². The zero-order valence-electron chi connectivity index (χ0n) is 22.1. The minimum absolute atomic E-state index is 0.0966. The number of carbonyl (C=O) groups is 1. The van der Waals surface area contributed by atoms with Crippen LogP contribution in [-0.4, -0.2) is 29.5 Å². The fourth-order valence-electron chi connectivity index (χ4n) is 4.93. The normalized spacial score (nSPS) is 16.4. The molecule has 0 fully saturated rings. The van der Waals surface area contributed by atoms with E-state index in [2.05, 4.69) is 15.6 Å². The molecule has 0 spiro atoms. The molecule has 0 bridgehead atoms. The Morgan fingerprint density at radius 3 is 2.46 bits per heavy atom. The Hall–Kier alpha value is -4.14. The summed E-state index contributed by atoms with van der Waals surface area (Å²) in [5, 5.41) is 17.0. The van der Waals surface area contributed by atoms with Gasteiger partial charge in [0, 0.05) is 30.3 Å². The first kappa shape index (κ1) is 28.4. The first-order valence-corrected chi connectivity index (χ1v) is 13.4. The Morgan fingerprint density at radius 1 is 0.976 bits per heavy atom. The van der Waals surface area contributed by atoms with Crippen molar-refractivity contribution in [3.63, 3.8) is 0 Å². The second kappa shape index (κ2) is 12.2. The average Bonchev–Trinajstić information content (AvgIpc) is 3.23. The predicted octanol–water partition coefficient (Wildman–Crippen LogP) is 6.89. The number of benzene rings is 4. The first-order chi connectivity index (χ1) is 19.7. The summed E-state index contributed by atoms with van der Waals surface area (Å²) >= 11 is 6.39. The molecule has 9 heteroatoms. The number of anilines is 1. The number of amides is 1. The lowest BCUT2D eigenvalue weighted by Crippen LogP contribution is -2.34.